The number of benzene rings is 1. The van der Waals surface area contributed by atoms with E-state index in [1.165, 1.54) is 17.5 Å². The highest BCUT2D eigenvalue weighted by Gasteiger charge is 2.35. The van der Waals surface area contributed by atoms with E-state index in [1.54, 1.807) is 0 Å². The van der Waals surface area contributed by atoms with E-state index in [4.69, 9.17) is 4.74 Å². The summed E-state index contributed by atoms with van der Waals surface area (Å²) in [5.74, 6) is 0.391. The van der Waals surface area contributed by atoms with E-state index >= 15 is 0 Å². The second kappa shape index (κ2) is 5.14. The van der Waals surface area contributed by atoms with Crippen LogP contribution in [0.3, 0.4) is 0 Å². The zero-order chi connectivity index (χ0) is 13.4. The summed E-state index contributed by atoms with van der Waals surface area (Å²) >= 11 is 0. The second-order valence-electron chi connectivity index (χ2n) is 5.84. The number of hydrogen-bond donors (Lipinski definition) is 1. The molecule has 3 atom stereocenters. The molecule has 0 saturated carbocycles. The average molecular weight is 261 g/mol. The number of nitrogens with zero attached hydrogens (tertiary/aromatic N) is 1. The lowest BCUT2D eigenvalue weighted by molar-refractivity contribution is -0.0730. The predicted octanol–water partition coefficient (Wildman–Crippen LogP) is 2.88. The predicted molar refractivity (Wildman–Crippen MR) is 75.4 cm³/mol. The Morgan fingerprint density at radius 1 is 1.42 bits per heavy atom. The minimum absolute atomic E-state index is 0.323. The van der Waals surface area contributed by atoms with Gasteiger partial charge in [-0.25, -0.2) is 0 Å². The summed E-state index contributed by atoms with van der Waals surface area (Å²) in [6.45, 7) is 6.26. The molecular weight excluding hydrogens is 238 g/mol. The Bertz CT molecular complexity index is 460. The summed E-state index contributed by atoms with van der Waals surface area (Å²) in [5, 5.41) is 9.60. The van der Waals surface area contributed by atoms with Crippen LogP contribution >= 0.6 is 0 Å². The van der Waals surface area contributed by atoms with Crippen molar-refractivity contribution >= 4 is 0 Å². The molecule has 1 saturated heterocycles. The standard InChI is InChI=1S/C16H23NO2/c1-3-13-10-19-11(2)9-17(13)16-7-4-12-8-14(18)5-6-15(12)16/h5-6,8,11,13,16,18H,3-4,7,9-10H2,1-2H3. The molecule has 0 aromatic heterocycles. The van der Waals surface area contributed by atoms with Crippen LogP contribution < -0.4 is 0 Å². The fraction of sp³-hybridized carbons (Fsp3) is 0.625. The first-order valence-electron chi connectivity index (χ1n) is 7.38. The van der Waals surface area contributed by atoms with Gasteiger partial charge >= 0.3 is 0 Å². The van der Waals surface area contributed by atoms with Crippen LogP contribution in [0.4, 0.5) is 0 Å². The molecule has 104 valence electrons. The lowest BCUT2D eigenvalue weighted by Gasteiger charge is -2.42. The third-order valence-electron chi connectivity index (χ3n) is 4.55. The van der Waals surface area contributed by atoms with Gasteiger partial charge in [0, 0.05) is 18.6 Å². The highest BCUT2D eigenvalue weighted by atomic mass is 16.5. The quantitative estimate of drug-likeness (QED) is 0.888. The van der Waals surface area contributed by atoms with Gasteiger partial charge in [0.1, 0.15) is 5.75 Å². The Hall–Kier alpha value is -1.06. The Kier molecular flexibility index (Phi) is 3.50. The number of phenolic OH excluding ortho intramolecular Hbond substituents is 1. The molecule has 1 aromatic carbocycles. The number of morpholine rings is 1. The molecule has 1 heterocycles. The molecule has 3 nitrogen and oxygen atoms in total. The van der Waals surface area contributed by atoms with E-state index in [0.717, 1.165) is 26.0 Å². The summed E-state index contributed by atoms with van der Waals surface area (Å²) in [6, 6.07) is 6.89. The van der Waals surface area contributed by atoms with Crippen molar-refractivity contribution in [2.75, 3.05) is 13.2 Å². The van der Waals surface area contributed by atoms with E-state index in [0.29, 0.717) is 23.9 Å². The molecule has 3 unspecified atom stereocenters. The number of ether oxygens (including phenoxy) is 1. The van der Waals surface area contributed by atoms with Crippen molar-refractivity contribution < 1.29 is 9.84 Å². The fourth-order valence-corrected chi connectivity index (χ4v) is 3.53. The van der Waals surface area contributed by atoms with Gasteiger partial charge in [-0.2, -0.15) is 0 Å². The Labute approximate surface area is 115 Å². The van der Waals surface area contributed by atoms with Crippen molar-refractivity contribution in [3.05, 3.63) is 29.3 Å². The molecule has 0 radical (unpaired) electrons. The smallest absolute Gasteiger partial charge is 0.115 e. The number of hydrogen-bond acceptors (Lipinski definition) is 3. The third kappa shape index (κ3) is 2.37. The van der Waals surface area contributed by atoms with Gasteiger partial charge in [-0.05, 0) is 49.4 Å². The zero-order valence-electron chi connectivity index (χ0n) is 11.8. The first-order chi connectivity index (χ1) is 9.19. The fourth-order valence-electron chi connectivity index (χ4n) is 3.53. The molecule has 1 aliphatic carbocycles. The normalized spacial score (nSPS) is 31.4. The highest BCUT2D eigenvalue weighted by Crippen LogP contribution is 2.39. The summed E-state index contributed by atoms with van der Waals surface area (Å²) in [5.41, 5.74) is 2.73. The highest BCUT2D eigenvalue weighted by molar-refractivity contribution is 5.40. The van der Waals surface area contributed by atoms with Crippen LogP contribution in [0, 0.1) is 0 Å². The second-order valence-corrected chi connectivity index (χ2v) is 5.84. The lowest BCUT2D eigenvalue weighted by Crippen LogP contribution is -2.49. The van der Waals surface area contributed by atoms with Crippen molar-refractivity contribution in [1.82, 2.24) is 4.90 Å². The minimum atomic E-state index is 0.323. The molecule has 0 amide bonds. The van der Waals surface area contributed by atoms with Crippen LogP contribution in [0.1, 0.15) is 43.9 Å². The maximum Gasteiger partial charge on any atom is 0.115 e. The molecular formula is C16H23NO2. The SMILES string of the molecule is CCC1COC(C)CN1C1CCc2cc(O)ccc21. The molecule has 0 bridgehead atoms. The molecule has 1 aliphatic heterocycles. The molecule has 1 aromatic rings. The molecule has 1 N–H and O–H groups in total. The zero-order valence-corrected chi connectivity index (χ0v) is 11.8. The molecule has 2 aliphatic rings. The van der Waals surface area contributed by atoms with Crippen molar-refractivity contribution in [2.45, 2.75) is 51.3 Å². The van der Waals surface area contributed by atoms with Gasteiger partial charge in [0.05, 0.1) is 12.7 Å². The maximum absolute atomic E-state index is 9.60. The van der Waals surface area contributed by atoms with E-state index < -0.39 is 0 Å². The largest absolute Gasteiger partial charge is 0.508 e. The molecule has 19 heavy (non-hydrogen) atoms. The number of aromatic hydroxyl groups is 1. The van der Waals surface area contributed by atoms with Crippen LogP contribution in [0.5, 0.6) is 5.75 Å². The van der Waals surface area contributed by atoms with Gasteiger partial charge in [-0.1, -0.05) is 13.0 Å². The van der Waals surface area contributed by atoms with Gasteiger partial charge in [-0.3, -0.25) is 4.90 Å². The molecule has 1 fully saturated rings. The number of aryl methyl sites for hydroxylation is 1. The summed E-state index contributed by atoms with van der Waals surface area (Å²) in [6.07, 6.45) is 3.71. The van der Waals surface area contributed by atoms with Crippen LogP contribution in [0.2, 0.25) is 0 Å². The first-order valence-corrected chi connectivity index (χ1v) is 7.38. The number of rotatable bonds is 2. The van der Waals surface area contributed by atoms with Crippen LogP contribution in [-0.4, -0.2) is 35.3 Å². The number of phenols is 1. The van der Waals surface area contributed by atoms with Gasteiger partial charge in [0.2, 0.25) is 0 Å². The Morgan fingerprint density at radius 3 is 3.05 bits per heavy atom. The Balaban J connectivity index is 1.87. The van der Waals surface area contributed by atoms with Crippen molar-refractivity contribution in [2.24, 2.45) is 0 Å². The summed E-state index contributed by atoms with van der Waals surface area (Å²) in [4.78, 5) is 2.62. The van der Waals surface area contributed by atoms with Crippen LogP contribution in [-0.2, 0) is 11.2 Å². The first kappa shape index (κ1) is 12.9. The van der Waals surface area contributed by atoms with Gasteiger partial charge in [0.15, 0.2) is 0 Å². The number of fused-ring (bicyclic) bond motifs is 1. The van der Waals surface area contributed by atoms with Gasteiger partial charge in [0.25, 0.3) is 0 Å². The molecule has 3 rings (SSSR count). The monoisotopic (exact) mass is 261 g/mol. The van der Waals surface area contributed by atoms with Crippen molar-refractivity contribution in [3.8, 4) is 5.75 Å². The van der Waals surface area contributed by atoms with Crippen LogP contribution in [0.25, 0.3) is 0 Å². The Morgan fingerprint density at radius 2 is 2.26 bits per heavy atom. The van der Waals surface area contributed by atoms with E-state index in [1.807, 2.05) is 12.1 Å². The van der Waals surface area contributed by atoms with E-state index in [9.17, 15) is 5.11 Å². The van der Waals surface area contributed by atoms with E-state index in [-0.39, 0.29) is 0 Å². The maximum atomic E-state index is 9.60. The van der Waals surface area contributed by atoms with E-state index in [2.05, 4.69) is 24.8 Å². The van der Waals surface area contributed by atoms with Crippen molar-refractivity contribution in [1.29, 1.82) is 0 Å². The lowest BCUT2D eigenvalue weighted by atomic mass is 10.0. The molecule has 0 spiro atoms. The van der Waals surface area contributed by atoms with Gasteiger partial charge in [-0.15, -0.1) is 0 Å². The summed E-state index contributed by atoms with van der Waals surface area (Å²) in [7, 11) is 0. The topological polar surface area (TPSA) is 32.7 Å². The third-order valence-corrected chi connectivity index (χ3v) is 4.55. The van der Waals surface area contributed by atoms with Gasteiger partial charge < -0.3 is 9.84 Å². The average Bonchev–Trinajstić information content (AvgIpc) is 2.81. The summed E-state index contributed by atoms with van der Waals surface area (Å²) < 4.78 is 5.80. The minimum Gasteiger partial charge on any atom is -0.508 e. The molecule has 3 heteroatoms. The van der Waals surface area contributed by atoms with Crippen molar-refractivity contribution in [3.63, 3.8) is 0 Å². The van der Waals surface area contributed by atoms with Crippen LogP contribution in [0.15, 0.2) is 18.2 Å².